The number of anilines is 1. The highest BCUT2D eigenvalue weighted by Gasteiger charge is 2.21. The van der Waals surface area contributed by atoms with Crippen LogP contribution in [0.25, 0.3) is 11.1 Å². The van der Waals surface area contributed by atoms with Gasteiger partial charge >= 0.3 is 0 Å². The molecule has 7 nitrogen and oxygen atoms in total. The lowest BCUT2D eigenvalue weighted by molar-refractivity contribution is 0.102. The fourth-order valence-corrected chi connectivity index (χ4v) is 4.53. The van der Waals surface area contributed by atoms with Crippen LogP contribution >= 0.6 is 11.3 Å². The van der Waals surface area contributed by atoms with Gasteiger partial charge in [-0.3, -0.25) is 4.79 Å². The van der Waals surface area contributed by atoms with Crippen molar-refractivity contribution >= 4 is 33.0 Å². The second-order valence-corrected chi connectivity index (χ2v) is 8.20. The minimum atomic E-state index is -3.98. The first-order valence-electron chi connectivity index (χ1n) is 8.07. The second kappa shape index (κ2) is 8.01. The van der Waals surface area contributed by atoms with Crippen LogP contribution in [0, 0.1) is 0 Å². The smallest absolute Gasteiger partial charge is 0.267 e. The summed E-state index contributed by atoms with van der Waals surface area (Å²) in [6, 6.07) is 13.9. The van der Waals surface area contributed by atoms with Gasteiger partial charge in [0.15, 0.2) is 0 Å². The lowest BCUT2D eigenvalue weighted by Crippen LogP contribution is -2.18. The zero-order valence-electron chi connectivity index (χ0n) is 15.1. The molecule has 0 aliphatic heterocycles. The van der Waals surface area contributed by atoms with Crippen LogP contribution in [0.5, 0.6) is 11.5 Å². The van der Waals surface area contributed by atoms with Gasteiger partial charge in [-0.1, -0.05) is 12.1 Å². The summed E-state index contributed by atoms with van der Waals surface area (Å²) in [7, 11) is -0.829. The average molecular weight is 418 g/mol. The predicted molar refractivity (Wildman–Crippen MR) is 109 cm³/mol. The van der Waals surface area contributed by atoms with E-state index >= 15 is 0 Å². The first-order valence-corrected chi connectivity index (χ1v) is 10.5. The summed E-state index contributed by atoms with van der Waals surface area (Å²) in [4.78, 5) is 12.4. The van der Waals surface area contributed by atoms with Crippen molar-refractivity contribution in [2.24, 2.45) is 5.14 Å². The zero-order valence-corrected chi connectivity index (χ0v) is 16.8. The molecule has 0 fully saturated rings. The molecule has 2 aromatic carbocycles. The predicted octanol–water partition coefficient (Wildman–Crippen LogP) is 3.33. The molecule has 3 rings (SSSR count). The Morgan fingerprint density at radius 3 is 2.36 bits per heavy atom. The number of nitrogens with two attached hydrogens (primary N) is 1. The maximum absolute atomic E-state index is 12.6. The van der Waals surface area contributed by atoms with Crippen LogP contribution in [0.2, 0.25) is 0 Å². The highest BCUT2D eigenvalue weighted by molar-refractivity contribution is 7.89. The van der Waals surface area contributed by atoms with Crippen molar-refractivity contribution in [3.8, 4) is 22.6 Å². The molecule has 146 valence electrons. The van der Waals surface area contributed by atoms with Gasteiger partial charge in [0.2, 0.25) is 10.0 Å². The van der Waals surface area contributed by atoms with E-state index in [1.165, 1.54) is 11.4 Å². The number of ether oxygens (including phenoxy) is 2. The monoisotopic (exact) mass is 418 g/mol. The first-order chi connectivity index (χ1) is 13.3. The zero-order chi connectivity index (χ0) is 20.3. The van der Waals surface area contributed by atoms with Gasteiger partial charge in [0.1, 0.15) is 21.3 Å². The molecule has 0 atom stereocenters. The van der Waals surface area contributed by atoms with Crippen molar-refractivity contribution in [2.45, 2.75) is 4.90 Å². The average Bonchev–Trinajstić information content (AvgIpc) is 3.19. The van der Waals surface area contributed by atoms with Crippen molar-refractivity contribution in [2.75, 3.05) is 19.5 Å². The minimum Gasteiger partial charge on any atom is -0.497 e. The molecule has 0 spiro atoms. The number of carbonyl (C=O) groups excluding carboxylic acids is 1. The molecule has 3 N–H and O–H groups in total. The van der Waals surface area contributed by atoms with Gasteiger partial charge in [-0.2, -0.15) is 0 Å². The highest BCUT2D eigenvalue weighted by Crippen LogP contribution is 2.34. The molecule has 9 heteroatoms. The van der Waals surface area contributed by atoms with Crippen LogP contribution < -0.4 is 19.9 Å². The summed E-state index contributed by atoms with van der Waals surface area (Å²) in [5.41, 5.74) is 2.13. The van der Waals surface area contributed by atoms with Crippen molar-refractivity contribution in [3.05, 3.63) is 58.8 Å². The number of rotatable bonds is 6. The molecule has 1 amide bonds. The fourth-order valence-electron chi connectivity index (χ4n) is 2.66. The number of primary sulfonamides is 1. The van der Waals surface area contributed by atoms with E-state index in [1.807, 2.05) is 24.3 Å². The largest absolute Gasteiger partial charge is 0.497 e. The molecule has 1 aromatic heterocycles. The standard InChI is InChI=1S/C19H18N2O5S2/c1-25-14-6-3-12(4-7-14)15-11-13(5-8-16(15)26-2)21-19(22)18-17(9-10-27-18)28(20,23)24/h3-11H,1-2H3,(H,21,22)(H2,20,23,24). The third-order valence-corrected chi connectivity index (χ3v) is 6.00. The Hall–Kier alpha value is -2.88. The molecular formula is C19H18N2O5S2. The number of carbonyl (C=O) groups is 1. The van der Waals surface area contributed by atoms with E-state index in [1.54, 1.807) is 32.4 Å². The van der Waals surface area contributed by atoms with Crippen LogP contribution in [0.3, 0.4) is 0 Å². The van der Waals surface area contributed by atoms with E-state index < -0.39 is 15.9 Å². The molecule has 0 saturated carbocycles. The van der Waals surface area contributed by atoms with Gasteiger partial charge < -0.3 is 14.8 Å². The van der Waals surface area contributed by atoms with Crippen molar-refractivity contribution in [1.82, 2.24) is 0 Å². The number of amides is 1. The topological polar surface area (TPSA) is 108 Å². The Morgan fingerprint density at radius 1 is 1.04 bits per heavy atom. The van der Waals surface area contributed by atoms with Crippen molar-refractivity contribution < 1.29 is 22.7 Å². The van der Waals surface area contributed by atoms with Gasteiger partial charge in [0, 0.05) is 11.3 Å². The molecule has 0 aliphatic carbocycles. The third kappa shape index (κ3) is 4.16. The highest BCUT2D eigenvalue weighted by atomic mass is 32.2. The molecule has 0 radical (unpaired) electrons. The molecule has 3 aromatic rings. The molecule has 0 bridgehead atoms. The summed E-state index contributed by atoms with van der Waals surface area (Å²) in [5.74, 6) is 0.801. The Labute approximate surface area is 166 Å². The number of sulfonamides is 1. The summed E-state index contributed by atoms with van der Waals surface area (Å²) in [6.07, 6.45) is 0. The van der Waals surface area contributed by atoms with E-state index in [0.717, 1.165) is 28.2 Å². The number of nitrogens with one attached hydrogen (secondary N) is 1. The number of thiophene rings is 1. The van der Waals surface area contributed by atoms with Crippen LogP contribution in [0.4, 0.5) is 5.69 Å². The van der Waals surface area contributed by atoms with E-state index in [0.29, 0.717) is 11.4 Å². The summed E-state index contributed by atoms with van der Waals surface area (Å²) >= 11 is 1.01. The van der Waals surface area contributed by atoms with Crippen molar-refractivity contribution in [3.63, 3.8) is 0 Å². The number of benzene rings is 2. The number of hydrogen-bond acceptors (Lipinski definition) is 6. The van der Waals surface area contributed by atoms with E-state index in [9.17, 15) is 13.2 Å². The molecule has 28 heavy (non-hydrogen) atoms. The molecular weight excluding hydrogens is 400 g/mol. The van der Waals surface area contributed by atoms with E-state index in [4.69, 9.17) is 14.6 Å². The van der Waals surface area contributed by atoms with Gasteiger partial charge in [0.25, 0.3) is 5.91 Å². The number of methoxy groups -OCH3 is 2. The first kappa shape index (κ1) is 19.9. The Bertz CT molecular complexity index is 1110. The van der Waals surface area contributed by atoms with E-state index in [2.05, 4.69) is 5.32 Å². The van der Waals surface area contributed by atoms with Crippen LogP contribution in [0.15, 0.2) is 58.8 Å². The molecule has 0 unspecified atom stereocenters. The maximum atomic E-state index is 12.6. The summed E-state index contributed by atoms with van der Waals surface area (Å²) < 4.78 is 33.8. The second-order valence-electron chi connectivity index (χ2n) is 5.76. The summed E-state index contributed by atoms with van der Waals surface area (Å²) in [6.45, 7) is 0. The van der Waals surface area contributed by atoms with Crippen LogP contribution in [0.1, 0.15) is 9.67 Å². The molecule has 0 saturated heterocycles. The molecule has 0 aliphatic rings. The lowest BCUT2D eigenvalue weighted by Gasteiger charge is -2.12. The van der Waals surface area contributed by atoms with Gasteiger partial charge in [-0.05, 0) is 47.3 Å². The van der Waals surface area contributed by atoms with Crippen LogP contribution in [-0.2, 0) is 10.0 Å². The van der Waals surface area contributed by atoms with E-state index in [-0.39, 0.29) is 9.77 Å². The van der Waals surface area contributed by atoms with Crippen LogP contribution in [-0.4, -0.2) is 28.5 Å². The summed E-state index contributed by atoms with van der Waals surface area (Å²) in [5, 5.41) is 9.38. The maximum Gasteiger partial charge on any atom is 0.267 e. The van der Waals surface area contributed by atoms with Gasteiger partial charge in [0.05, 0.1) is 14.2 Å². The Kier molecular flexibility index (Phi) is 5.68. The Morgan fingerprint density at radius 2 is 1.75 bits per heavy atom. The third-order valence-electron chi connectivity index (χ3n) is 4.00. The Balaban J connectivity index is 1.93. The normalized spacial score (nSPS) is 11.1. The molecule has 1 heterocycles. The fraction of sp³-hybridized carbons (Fsp3) is 0.105. The van der Waals surface area contributed by atoms with Crippen molar-refractivity contribution in [1.29, 1.82) is 0 Å². The SMILES string of the molecule is COc1ccc(-c2cc(NC(=O)c3sccc3S(N)(=O)=O)ccc2OC)cc1. The van der Waals surface area contributed by atoms with Gasteiger partial charge in [-0.25, -0.2) is 13.6 Å². The lowest BCUT2D eigenvalue weighted by atomic mass is 10.0. The minimum absolute atomic E-state index is 0.0318. The van der Waals surface area contributed by atoms with Gasteiger partial charge in [-0.15, -0.1) is 11.3 Å². The number of hydrogen-bond donors (Lipinski definition) is 2. The quantitative estimate of drug-likeness (QED) is 0.638.